The lowest BCUT2D eigenvalue weighted by Crippen LogP contribution is -2.30. The van der Waals surface area contributed by atoms with E-state index >= 15 is 0 Å². The molecule has 1 atom stereocenters. The van der Waals surface area contributed by atoms with Gasteiger partial charge in [0.2, 0.25) is 0 Å². The summed E-state index contributed by atoms with van der Waals surface area (Å²) >= 11 is 3.24. The normalized spacial score (nSPS) is 12.4. The molecule has 0 aliphatic heterocycles. The number of rotatable bonds is 4. The fraction of sp³-hybridized carbons (Fsp3) is 0.200. The zero-order chi connectivity index (χ0) is 14.7. The second-order valence-corrected chi connectivity index (χ2v) is 5.59. The molecule has 3 N–H and O–H groups in total. The molecule has 2 aromatic rings. The highest BCUT2D eigenvalue weighted by Crippen LogP contribution is 2.24. The van der Waals surface area contributed by atoms with Gasteiger partial charge in [-0.2, -0.15) is 0 Å². The Balaban J connectivity index is 2.31. The molecule has 0 saturated heterocycles. The van der Waals surface area contributed by atoms with E-state index in [-0.39, 0.29) is 11.6 Å². The minimum atomic E-state index is -0.413. The largest absolute Gasteiger partial charge is 0.271 e. The van der Waals surface area contributed by atoms with Gasteiger partial charge in [0.05, 0.1) is 6.04 Å². The number of benzene rings is 2. The van der Waals surface area contributed by atoms with E-state index in [2.05, 4.69) is 21.4 Å². The van der Waals surface area contributed by atoms with Gasteiger partial charge < -0.3 is 0 Å². The van der Waals surface area contributed by atoms with Gasteiger partial charge in [-0.15, -0.1) is 0 Å². The number of hydrogen-bond donors (Lipinski definition) is 2. The first-order chi connectivity index (χ1) is 9.51. The van der Waals surface area contributed by atoms with Crippen LogP contribution < -0.4 is 11.3 Å². The van der Waals surface area contributed by atoms with Crippen molar-refractivity contribution in [3.8, 4) is 0 Å². The lowest BCUT2D eigenvalue weighted by Gasteiger charge is -2.18. The number of hydrogen-bond acceptors (Lipinski definition) is 2. The summed E-state index contributed by atoms with van der Waals surface area (Å²) < 4.78 is 28.1. The maximum atomic E-state index is 14.1. The molecule has 0 amide bonds. The minimum Gasteiger partial charge on any atom is -0.271 e. The van der Waals surface area contributed by atoms with E-state index in [1.54, 1.807) is 31.2 Å². The van der Waals surface area contributed by atoms with Crippen LogP contribution >= 0.6 is 15.9 Å². The highest BCUT2D eigenvalue weighted by atomic mass is 79.9. The van der Waals surface area contributed by atoms with E-state index < -0.39 is 6.04 Å². The van der Waals surface area contributed by atoms with E-state index in [9.17, 15) is 8.78 Å². The molecule has 0 aromatic heterocycles. The van der Waals surface area contributed by atoms with Crippen molar-refractivity contribution in [2.45, 2.75) is 19.4 Å². The number of hydrazine groups is 1. The standard InChI is InChI=1S/C15H15BrF2N2/c1-9-3-2-4-13(15(9)18)14(20-19)7-10-5-11(16)8-12(17)6-10/h2-6,8,14,20H,7,19H2,1H3. The zero-order valence-electron chi connectivity index (χ0n) is 11.0. The molecule has 0 spiro atoms. The molecule has 2 aromatic carbocycles. The van der Waals surface area contributed by atoms with Crippen molar-refractivity contribution in [1.29, 1.82) is 0 Å². The van der Waals surface area contributed by atoms with Crippen LogP contribution in [0.3, 0.4) is 0 Å². The van der Waals surface area contributed by atoms with Crippen molar-refractivity contribution >= 4 is 15.9 Å². The first kappa shape index (κ1) is 15.1. The molecule has 0 fully saturated rings. The summed E-state index contributed by atoms with van der Waals surface area (Å²) in [5.74, 6) is 4.90. The molecule has 2 nitrogen and oxygen atoms in total. The van der Waals surface area contributed by atoms with Gasteiger partial charge in [0.25, 0.3) is 0 Å². The van der Waals surface area contributed by atoms with Crippen molar-refractivity contribution in [2.24, 2.45) is 5.84 Å². The predicted molar refractivity (Wildman–Crippen MR) is 79.0 cm³/mol. The molecular weight excluding hydrogens is 326 g/mol. The van der Waals surface area contributed by atoms with Crippen LogP contribution in [-0.2, 0) is 6.42 Å². The molecule has 1 unspecified atom stereocenters. The molecule has 20 heavy (non-hydrogen) atoms. The Morgan fingerprint density at radius 1 is 1.25 bits per heavy atom. The first-order valence-corrected chi connectivity index (χ1v) is 6.96. The number of nitrogens with two attached hydrogens (primary N) is 1. The maximum absolute atomic E-state index is 14.1. The van der Waals surface area contributed by atoms with Gasteiger partial charge in [-0.25, -0.2) is 8.78 Å². The molecule has 0 saturated carbocycles. The van der Waals surface area contributed by atoms with Crippen molar-refractivity contribution in [1.82, 2.24) is 5.43 Å². The van der Waals surface area contributed by atoms with Crippen LogP contribution in [0.15, 0.2) is 40.9 Å². The van der Waals surface area contributed by atoms with E-state index in [1.807, 2.05) is 0 Å². The molecule has 0 aliphatic carbocycles. The topological polar surface area (TPSA) is 38.0 Å². The van der Waals surface area contributed by atoms with Crippen LogP contribution in [0.2, 0.25) is 0 Å². The summed E-state index contributed by atoms with van der Waals surface area (Å²) in [6, 6.07) is 9.33. The quantitative estimate of drug-likeness (QED) is 0.656. The fourth-order valence-electron chi connectivity index (χ4n) is 2.16. The molecular formula is C15H15BrF2N2. The molecule has 5 heteroatoms. The van der Waals surface area contributed by atoms with Gasteiger partial charge in [0, 0.05) is 10.0 Å². The van der Waals surface area contributed by atoms with Crippen molar-refractivity contribution < 1.29 is 8.78 Å². The molecule has 0 aliphatic rings. The predicted octanol–water partition coefficient (Wildman–Crippen LogP) is 3.78. The smallest absolute Gasteiger partial charge is 0.130 e. The SMILES string of the molecule is Cc1cccc(C(Cc2cc(F)cc(Br)c2)NN)c1F. The third-order valence-electron chi connectivity index (χ3n) is 3.16. The third kappa shape index (κ3) is 3.42. The second kappa shape index (κ2) is 6.43. The van der Waals surface area contributed by atoms with Gasteiger partial charge in [-0.1, -0.05) is 34.1 Å². The maximum Gasteiger partial charge on any atom is 0.130 e. The fourth-order valence-corrected chi connectivity index (χ4v) is 2.68. The van der Waals surface area contributed by atoms with Crippen molar-refractivity contribution in [3.05, 3.63) is 69.2 Å². The molecule has 0 radical (unpaired) electrons. The summed E-state index contributed by atoms with van der Waals surface area (Å²) in [6.07, 6.45) is 0.396. The van der Waals surface area contributed by atoms with Gasteiger partial charge >= 0.3 is 0 Å². The lowest BCUT2D eigenvalue weighted by molar-refractivity contribution is 0.506. The van der Waals surface area contributed by atoms with Gasteiger partial charge in [0.1, 0.15) is 11.6 Å². The van der Waals surface area contributed by atoms with Crippen LogP contribution in [0.25, 0.3) is 0 Å². The van der Waals surface area contributed by atoms with E-state index in [4.69, 9.17) is 5.84 Å². The van der Waals surface area contributed by atoms with Gasteiger partial charge in [-0.3, -0.25) is 11.3 Å². The van der Waals surface area contributed by atoms with Crippen LogP contribution in [0, 0.1) is 18.6 Å². The molecule has 0 bridgehead atoms. The average Bonchev–Trinajstić information content (AvgIpc) is 2.38. The van der Waals surface area contributed by atoms with Crippen LogP contribution in [0.4, 0.5) is 8.78 Å². The molecule has 2 rings (SSSR count). The third-order valence-corrected chi connectivity index (χ3v) is 3.62. The average molecular weight is 341 g/mol. The summed E-state index contributed by atoms with van der Waals surface area (Å²) in [7, 11) is 0. The number of halogens is 3. The van der Waals surface area contributed by atoms with Crippen LogP contribution in [0.1, 0.15) is 22.7 Å². The van der Waals surface area contributed by atoms with Crippen LogP contribution in [-0.4, -0.2) is 0 Å². The first-order valence-electron chi connectivity index (χ1n) is 6.17. The van der Waals surface area contributed by atoms with E-state index in [0.717, 1.165) is 5.56 Å². The van der Waals surface area contributed by atoms with E-state index in [0.29, 0.717) is 22.0 Å². The molecule has 0 heterocycles. The summed E-state index contributed by atoms with van der Waals surface area (Å²) in [5.41, 5.74) is 4.37. The van der Waals surface area contributed by atoms with Crippen LogP contribution in [0.5, 0.6) is 0 Å². The number of nitrogens with one attached hydrogen (secondary N) is 1. The Labute approximate surface area is 125 Å². The minimum absolute atomic E-state index is 0.286. The Kier molecular flexibility index (Phi) is 4.86. The summed E-state index contributed by atoms with van der Waals surface area (Å²) in [6.45, 7) is 1.70. The Morgan fingerprint density at radius 3 is 2.65 bits per heavy atom. The van der Waals surface area contributed by atoms with Crippen molar-refractivity contribution in [3.63, 3.8) is 0 Å². The Hall–Kier alpha value is -1.30. The monoisotopic (exact) mass is 340 g/mol. The van der Waals surface area contributed by atoms with Gasteiger partial charge in [0.15, 0.2) is 0 Å². The lowest BCUT2D eigenvalue weighted by atomic mass is 9.97. The number of aryl methyl sites for hydroxylation is 1. The highest BCUT2D eigenvalue weighted by molar-refractivity contribution is 9.10. The zero-order valence-corrected chi connectivity index (χ0v) is 12.5. The molecule has 106 valence electrons. The van der Waals surface area contributed by atoms with E-state index in [1.165, 1.54) is 12.1 Å². The summed E-state index contributed by atoms with van der Waals surface area (Å²) in [4.78, 5) is 0. The Bertz CT molecular complexity index is 597. The van der Waals surface area contributed by atoms with Gasteiger partial charge in [-0.05, 0) is 42.7 Å². The Morgan fingerprint density at radius 2 is 2.00 bits per heavy atom. The summed E-state index contributed by atoms with van der Waals surface area (Å²) in [5, 5.41) is 0. The van der Waals surface area contributed by atoms with Crippen molar-refractivity contribution in [2.75, 3.05) is 0 Å². The second-order valence-electron chi connectivity index (χ2n) is 4.68. The highest BCUT2D eigenvalue weighted by Gasteiger charge is 2.16.